The highest BCUT2D eigenvalue weighted by molar-refractivity contribution is 4.70. The molecule has 0 radical (unpaired) electrons. The molecule has 0 aromatic carbocycles. The Morgan fingerprint density at radius 3 is 2.17 bits per heavy atom. The van der Waals surface area contributed by atoms with Crippen molar-refractivity contribution < 1.29 is 8.78 Å². The van der Waals surface area contributed by atoms with Crippen molar-refractivity contribution in [3.63, 3.8) is 0 Å². The fraction of sp³-hybridized carbons (Fsp3) is 1.00. The van der Waals surface area contributed by atoms with Gasteiger partial charge in [0.15, 0.2) is 0 Å². The van der Waals surface area contributed by atoms with Crippen LogP contribution in [-0.4, -0.2) is 49.1 Å². The van der Waals surface area contributed by atoms with Crippen LogP contribution in [0.3, 0.4) is 0 Å². The number of piperazine rings is 1. The quantitative estimate of drug-likeness (QED) is 0.600. The number of rotatable bonds is 3. The fourth-order valence-corrected chi connectivity index (χ4v) is 1.50. The van der Waals surface area contributed by atoms with E-state index >= 15 is 0 Å². The molecule has 4 heteroatoms. The standard InChI is InChI=1S/C8H16F2N2/c1-2-3-11-4-6-12(7-5-11)8(9)10/h8H,2-7H2,1H3. The monoisotopic (exact) mass is 178 g/mol. The lowest BCUT2D eigenvalue weighted by Gasteiger charge is -2.33. The maximum Gasteiger partial charge on any atom is 0.294 e. The number of alkyl halides is 2. The molecule has 0 aliphatic carbocycles. The minimum Gasteiger partial charge on any atom is -0.301 e. The molecule has 0 aromatic heterocycles. The van der Waals surface area contributed by atoms with Crippen molar-refractivity contribution in [3.8, 4) is 0 Å². The largest absolute Gasteiger partial charge is 0.301 e. The van der Waals surface area contributed by atoms with E-state index in [2.05, 4.69) is 11.8 Å². The van der Waals surface area contributed by atoms with Crippen molar-refractivity contribution in [1.82, 2.24) is 9.80 Å². The maximum absolute atomic E-state index is 12.1. The Morgan fingerprint density at radius 1 is 1.17 bits per heavy atom. The van der Waals surface area contributed by atoms with Crippen molar-refractivity contribution in [2.45, 2.75) is 19.9 Å². The first-order chi connectivity index (χ1) is 5.74. The molecule has 1 rings (SSSR count). The van der Waals surface area contributed by atoms with Crippen LogP contribution < -0.4 is 0 Å². The molecule has 12 heavy (non-hydrogen) atoms. The van der Waals surface area contributed by atoms with Gasteiger partial charge < -0.3 is 4.90 Å². The second-order valence-electron chi connectivity index (χ2n) is 3.16. The average Bonchev–Trinajstić information content (AvgIpc) is 2.06. The molecule has 1 fully saturated rings. The number of hydrogen-bond acceptors (Lipinski definition) is 2. The smallest absolute Gasteiger partial charge is 0.294 e. The minimum absolute atomic E-state index is 0.512. The lowest BCUT2D eigenvalue weighted by molar-refractivity contribution is -0.0510. The van der Waals surface area contributed by atoms with Crippen LogP contribution in [0.4, 0.5) is 8.78 Å². The molecule has 0 N–H and O–H groups in total. The third kappa shape index (κ3) is 2.68. The van der Waals surface area contributed by atoms with Gasteiger partial charge in [-0.05, 0) is 13.0 Å². The number of hydrogen-bond donors (Lipinski definition) is 0. The Morgan fingerprint density at radius 2 is 1.75 bits per heavy atom. The molecule has 72 valence electrons. The van der Waals surface area contributed by atoms with Crippen LogP contribution in [0.2, 0.25) is 0 Å². The Balaban J connectivity index is 2.20. The van der Waals surface area contributed by atoms with Gasteiger partial charge in [-0.2, -0.15) is 8.78 Å². The summed E-state index contributed by atoms with van der Waals surface area (Å²) in [6, 6.07) is 0. The molecule has 0 atom stereocenters. The van der Waals surface area contributed by atoms with Gasteiger partial charge in [0.05, 0.1) is 0 Å². The van der Waals surface area contributed by atoms with Gasteiger partial charge in [-0.25, -0.2) is 4.90 Å². The molecule has 0 bridgehead atoms. The summed E-state index contributed by atoms with van der Waals surface area (Å²) in [5.74, 6) is 0. The lowest BCUT2D eigenvalue weighted by Crippen LogP contribution is -2.48. The Bertz CT molecular complexity index is 122. The SMILES string of the molecule is CCCN1CCN(C(F)F)CC1. The highest BCUT2D eigenvalue weighted by Gasteiger charge is 2.21. The summed E-state index contributed by atoms with van der Waals surface area (Å²) in [5.41, 5.74) is 0. The molecule has 0 spiro atoms. The van der Waals surface area contributed by atoms with Gasteiger partial charge in [-0.1, -0.05) is 6.92 Å². The molecule has 1 heterocycles. The van der Waals surface area contributed by atoms with Gasteiger partial charge in [0.2, 0.25) is 0 Å². The van der Waals surface area contributed by atoms with E-state index in [-0.39, 0.29) is 0 Å². The van der Waals surface area contributed by atoms with E-state index in [1.165, 1.54) is 4.90 Å². The van der Waals surface area contributed by atoms with Crippen LogP contribution in [0, 0.1) is 0 Å². The molecule has 1 aliphatic rings. The summed E-state index contributed by atoms with van der Waals surface area (Å²) in [4.78, 5) is 3.46. The highest BCUT2D eigenvalue weighted by Crippen LogP contribution is 2.08. The second kappa shape index (κ2) is 4.72. The van der Waals surface area contributed by atoms with Gasteiger partial charge in [-0.15, -0.1) is 0 Å². The van der Waals surface area contributed by atoms with Gasteiger partial charge >= 0.3 is 0 Å². The van der Waals surface area contributed by atoms with Crippen LogP contribution in [0.1, 0.15) is 13.3 Å². The fourth-order valence-electron chi connectivity index (χ4n) is 1.50. The van der Waals surface area contributed by atoms with Gasteiger partial charge in [0.25, 0.3) is 6.55 Å². The normalized spacial score (nSPS) is 22.0. The van der Waals surface area contributed by atoms with Crippen molar-refractivity contribution in [2.75, 3.05) is 32.7 Å². The molecular weight excluding hydrogens is 162 g/mol. The zero-order valence-electron chi connectivity index (χ0n) is 7.47. The summed E-state index contributed by atoms with van der Waals surface area (Å²) >= 11 is 0. The zero-order valence-corrected chi connectivity index (χ0v) is 7.47. The van der Waals surface area contributed by atoms with E-state index in [0.717, 1.165) is 26.1 Å². The molecular formula is C8H16F2N2. The van der Waals surface area contributed by atoms with Crippen LogP contribution in [0.15, 0.2) is 0 Å². The maximum atomic E-state index is 12.1. The van der Waals surface area contributed by atoms with Crippen LogP contribution in [-0.2, 0) is 0 Å². The van der Waals surface area contributed by atoms with Crippen LogP contribution in [0.25, 0.3) is 0 Å². The van der Waals surface area contributed by atoms with Crippen LogP contribution >= 0.6 is 0 Å². The van der Waals surface area contributed by atoms with Crippen LogP contribution in [0.5, 0.6) is 0 Å². The predicted molar refractivity (Wildman–Crippen MR) is 44.3 cm³/mol. The van der Waals surface area contributed by atoms with E-state index in [1.54, 1.807) is 0 Å². The Labute approximate surface area is 72.1 Å². The molecule has 0 saturated carbocycles. The highest BCUT2D eigenvalue weighted by atomic mass is 19.3. The third-order valence-electron chi connectivity index (χ3n) is 2.22. The predicted octanol–water partition coefficient (Wildman–Crippen LogP) is 1.24. The van der Waals surface area contributed by atoms with E-state index in [1.807, 2.05) is 0 Å². The first-order valence-electron chi connectivity index (χ1n) is 4.48. The summed E-state index contributed by atoms with van der Waals surface area (Å²) in [6.45, 7) is 3.48. The first kappa shape index (κ1) is 9.86. The average molecular weight is 178 g/mol. The molecule has 0 amide bonds. The summed E-state index contributed by atoms with van der Waals surface area (Å²) in [6.07, 6.45) is 1.11. The van der Waals surface area contributed by atoms with Crippen molar-refractivity contribution in [2.24, 2.45) is 0 Å². The lowest BCUT2D eigenvalue weighted by atomic mass is 10.3. The summed E-state index contributed by atoms with van der Waals surface area (Å²) < 4.78 is 24.3. The van der Waals surface area contributed by atoms with E-state index in [4.69, 9.17) is 0 Å². The topological polar surface area (TPSA) is 6.48 Å². The third-order valence-corrected chi connectivity index (χ3v) is 2.22. The van der Waals surface area contributed by atoms with Crippen molar-refractivity contribution >= 4 is 0 Å². The van der Waals surface area contributed by atoms with Gasteiger partial charge in [0.1, 0.15) is 0 Å². The molecule has 2 nitrogen and oxygen atoms in total. The first-order valence-corrected chi connectivity index (χ1v) is 4.48. The molecule has 1 saturated heterocycles. The molecule has 0 unspecified atom stereocenters. The number of halogens is 2. The minimum atomic E-state index is -2.27. The Hall–Kier alpha value is -0.220. The Kier molecular flexibility index (Phi) is 3.88. The zero-order chi connectivity index (χ0) is 8.97. The number of nitrogens with zero attached hydrogens (tertiary/aromatic N) is 2. The van der Waals surface area contributed by atoms with Crippen molar-refractivity contribution in [3.05, 3.63) is 0 Å². The molecule has 1 aliphatic heterocycles. The van der Waals surface area contributed by atoms with Gasteiger partial charge in [-0.3, -0.25) is 0 Å². The van der Waals surface area contributed by atoms with E-state index in [0.29, 0.717) is 13.1 Å². The van der Waals surface area contributed by atoms with E-state index in [9.17, 15) is 8.78 Å². The molecule has 0 aromatic rings. The van der Waals surface area contributed by atoms with Crippen molar-refractivity contribution in [1.29, 1.82) is 0 Å². The van der Waals surface area contributed by atoms with E-state index < -0.39 is 6.55 Å². The second-order valence-corrected chi connectivity index (χ2v) is 3.16. The summed E-state index contributed by atoms with van der Waals surface area (Å²) in [5, 5.41) is 0. The summed E-state index contributed by atoms with van der Waals surface area (Å²) in [7, 11) is 0. The van der Waals surface area contributed by atoms with Gasteiger partial charge in [0, 0.05) is 26.2 Å².